The molecule has 0 aliphatic heterocycles. The molecule has 114 valence electrons. The smallest absolute Gasteiger partial charge is 0.412 e. The van der Waals surface area contributed by atoms with Gasteiger partial charge in [0.05, 0.1) is 11.4 Å². The molecule has 2 rings (SSSR count). The first-order chi connectivity index (χ1) is 10.4. The van der Waals surface area contributed by atoms with E-state index in [2.05, 4.69) is 9.72 Å². The van der Waals surface area contributed by atoms with E-state index in [0.29, 0.717) is 22.9 Å². The van der Waals surface area contributed by atoms with Gasteiger partial charge < -0.3 is 26.7 Å². The third kappa shape index (κ3) is 3.42. The summed E-state index contributed by atoms with van der Waals surface area (Å²) < 4.78 is 9.89. The van der Waals surface area contributed by atoms with Gasteiger partial charge in [-0.3, -0.25) is 0 Å². The van der Waals surface area contributed by atoms with E-state index in [9.17, 15) is 9.59 Å². The predicted molar refractivity (Wildman–Crippen MR) is 79.3 cm³/mol. The maximum Gasteiger partial charge on any atom is 0.412 e. The molecule has 0 saturated carbocycles. The summed E-state index contributed by atoms with van der Waals surface area (Å²) in [6.45, 7) is 1.80. The number of hydrogen-bond donors (Lipinski definition) is 3. The molecule has 0 atom stereocenters. The van der Waals surface area contributed by atoms with Crippen molar-refractivity contribution in [2.24, 2.45) is 5.73 Å². The number of hydrogen-bond acceptors (Lipinski definition) is 7. The summed E-state index contributed by atoms with van der Waals surface area (Å²) in [7, 11) is 0. The molecule has 0 fully saturated rings. The van der Waals surface area contributed by atoms with Crippen LogP contribution >= 0.6 is 0 Å². The van der Waals surface area contributed by atoms with Gasteiger partial charge in [0.15, 0.2) is 5.69 Å². The van der Waals surface area contributed by atoms with Crippen LogP contribution in [0.1, 0.15) is 16.1 Å². The second-order valence-corrected chi connectivity index (χ2v) is 4.43. The molecule has 22 heavy (non-hydrogen) atoms. The number of amides is 1. The van der Waals surface area contributed by atoms with Crippen LogP contribution in [0.3, 0.4) is 0 Å². The normalized spacial score (nSPS) is 10.0. The van der Waals surface area contributed by atoms with Crippen molar-refractivity contribution in [2.75, 3.05) is 11.5 Å². The zero-order valence-corrected chi connectivity index (χ0v) is 11.7. The molecule has 0 unspecified atom stereocenters. The van der Waals surface area contributed by atoms with E-state index in [-0.39, 0.29) is 5.69 Å². The molecule has 2 aromatic rings. The van der Waals surface area contributed by atoms with E-state index in [1.807, 2.05) is 0 Å². The molecule has 1 aromatic carbocycles. The van der Waals surface area contributed by atoms with Crippen LogP contribution < -0.4 is 21.9 Å². The lowest BCUT2D eigenvalue weighted by Gasteiger charge is -2.11. The second kappa shape index (κ2) is 6.00. The molecule has 6 N–H and O–H groups in total. The number of aromatic nitrogens is 1. The number of carbonyl (C=O) groups is 2. The first-order valence-corrected chi connectivity index (χ1v) is 6.18. The Hall–Kier alpha value is -3.29. The number of aryl methyl sites for hydroxylation is 1. The minimum atomic E-state index is -1.21. The Morgan fingerprint density at radius 2 is 1.82 bits per heavy atom. The van der Waals surface area contributed by atoms with E-state index in [1.54, 1.807) is 19.1 Å². The average molecular weight is 302 g/mol. The molecule has 1 aromatic heterocycles. The molecule has 8 heteroatoms. The number of pyridine rings is 1. The van der Waals surface area contributed by atoms with Crippen LogP contribution in [0.5, 0.6) is 11.5 Å². The van der Waals surface area contributed by atoms with Gasteiger partial charge in [-0.2, -0.15) is 0 Å². The standard InChI is InChI=1S/C14H14N4O4/c1-7-4-9(15)10(16)6-12(7)21-8-2-3-18-11(5-8)13(19)22-14(17)20/h2-6H,15-16H2,1H3,(H2,17,20). The number of esters is 1. The molecule has 0 aliphatic carbocycles. The van der Waals surface area contributed by atoms with Crippen molar-refractivity contribution in [3.8, 4) is 11.5 Å². The quantitative estimate of drug-likeness (QED) is 0.443. The number of rotatable bonds is 3. The highest BCUT2D eigenvalue weighted by atomic mass is 16.6. The summed E-state index contributed by atoms with van der Waals surface area (Å²) in [5, 5.41) is 0. The van der Waals surface area contributed by atoms with E-state index < -0.39 is 12.1 Å². The van der Waals surface area contributed by atoms with Crippen molar-refractivity contribution >= 4 is 23.4 Å². The van der Waals surface area contributed by atoms with Crippen LogP contribution in [0.25, 0.3) is 0 Å². The fourth-order valence-electron chi connectivity index (χ4n) is 1.69. The summed E-state index contributed by atoms with van der Waals surface area (Å²) in [5.41, 5.74) is 17.7. The summed E-state index contributed by atoms with van der Waals surface area (Å²) >= 11 is 0. The molecule has 0 radical (unpaired) electrons. The minimum absolute atomic E-state index is 0.114. The first kappa shape index (κ1) is 15.1. The summed E-state index contributed by atoms with van der Waals surface area (Å²) in [5.74, 6) is -0.169. The summed E-state index contributed by atoms with van der Waals surface area (Å²) in [4.78, 5) is 25.9. The van der Waals surface area contributed by atoms with Crippen LogP contribution in [0.15, 0.2) is 30.5 Å². The maximum absolute atomic E-state index is 11.5. The molecule has 0 bridgehead atoms. The number of anilines is 2. The van der Waals surface area contributed by atoms with Crippen molar-refractivity contribution < 1.29 is 19.1 Å². The van der Waals surface area contributed by atoms with Crippen LogP contribution in [0.4, 0.5) is 16.2 Å². The van der Waals surface area contributed by atoms with Crippen molar-refractivity contribution in [3.05, 3.63) is 41.7 Å². The highest BCUT2D eigenvalue weighted by Gasteiger charge is 2.13. The van der Waals surface area contributed by atoms with Gasteiger partial charge in [0, 0.05) is 18.3 Å². The predicted octanol–water partition coefficient (Wildman–Crippen LogP) is 1.58. The van der Waals surface area contributed by atoms with E-state index in [0.717, 1.165) is 5.56 Å². The van der Waals surface area contributed by atoms with Gasteiger partial charge in [0.2, 0.25) is 0 Å². The number of ether oxygens (including phenoxy) is 2. The Balaban J connectivity index is 2.26. The lowest BCUT2D eigenvalue weighted by Crippen LogP contribution is -2.19. The lowest BCUT2D eigenvalue weighted by atomic mass is 10.1. The number of benzene rings is 1. The Labute approximate surface area is 125 Å². The zero-order valence-electron chi connectivity index (χ0n) is 11.7. The Kier molecular flexibility index (Phi) is 4.12. The van der Waals surface area contributed by atoms with Crippen molar-refractivity contribution in [2.45, 2.75) is 6.92 Å². The number of primary amides is 1. The topological polar surface area (TPSA) is 144 Å². The van der Waals surface area contributed by atoms with E-state index in [1.165, 1.54) is 18.3 Å². The molecule has 0 aliphatic rings. The van der Waals surface area contributed by atoms with Gasteiger partial charge in [0.25, 0.3) is 0 Å². The zero-order chi connectivity index (χ0) is 16.3. The molecule has 1 amide bonds. The highest BCUT2D eigenvalue weighted by Crippen LogP contribution is 2.30. The van der Waals surface area contributed by atoms with E-state index in [4.69, 9.17) is 21.9 Å². The van der Waals surface area contributed by atoms with Crippen LogP contribution in [0.2, 0.25) is 0 Å². The number of nitrogens with two attached hydrogens (primary N) is 3. The maximum atomic E-state index is 11.5. The van der Waals surface area contributed by atoms with Crippen LogP contribution in [-0.4, -0.2) is 17.0 Å². The van der Waals surface area contributed by atoms with Gasteiger partial charge in [-0.05, 0) is 24.6 Å². The lowest BCUT2D eigenvalue weighted by molar-refractivity contribution is 0.0631. The van der Waals surface area contributed by atoms with E-state index >= 15 is 0 Å². The third-order valence-corrected chi connectivity index (χ3v) is 2.74. The summed E-state index contributed by atoms with van der Waals surface area (Å²) in [6, 6.07) is 6.10. The largest absolute Gasteiger partial charge is 0.457 e. The number of nitrogens with zero attached hydrogens (tertiary/aromatic N) is 1. The van der Waals surface area contributed by atoms with Gasteiger partial charge in [-0.15, -0.1) is 0 Å². The van der Waals surface area contributed by atoms with Crippen LogP contribution in [-0.2, 0) is 4.74 Å². The third-order valence-electron chi connectivity index (χ3n) is 2.74. The molecular formula is C14H14N4O4. The highest BCUT2D eigenvalue weighted by molar-refractivity contribution is 5.94. The Morgan fingerprint density at radius 3 is 2.50 bits per heavy atom. The monoisotopic (exact) mass is 302 g/mol. The molecule has 1 heterocycles. The van der Waals surface area contributed by atoms with Gasteiger partial charge in [-0.25, -0.2) is 14.6 Å². The van der Waals surface area contributed by atoms with Crippen molar-refractivity contribution in [3.63, 3.8) is 0 Å². The number of carbonyl (C=O) groups excluding carboxylic acids is 2. The minimum Gasteiger partial charge on any atom is -0.457 e. The SMILES string of the molecule is Cc1cc(N)c(N)cc1Oc1ccnc(C(=O)OC(N)=O)c1. The molecular weight excluding hydrogens is 288 g/mol. The average Bonchev–Trinajstić information content (AvgIpc) is 2.44. The Bertz CT molecular complexity index is 746. The van der Waals surface area contributed by atoms with Crippen molar-refractivity contribution in [1.29, 1.82) is 0 Å². The summed E-state index contributed by atoms with van der Waals surface area (Å²) in [6.07, 6.45) is 0.128. The number of nitrogen functional groups attached to an aromatic ring is 2. The van der Waals surface area contributed by atoms with Crippen molar-refractivity contribution in [1.82, 2.24) is 4.98 Å². The molecule has 0 spiro atoms. The van der Waals surface area contributed by atoms with Gasteiger partial charge in [-0.1, -0.05) is 0 Å². The molecule has 8 nitrogen and oxygen atoms in total. The first-order valence-electron chi connectivity index (χ1n) is 6.18. The van der Waals surface area contributed by atoms with Crippen LogP contribution in [0, 0.1) is 6.92 Å². The second-order valence-electron chi connectivity index (χ2n) is 4.43. The fraction of sp³-hybridized carbons (Fsp3) is 0.0714. The fourth-order valence-corrected chi connectivity index (χ4v) is 1.69. The van der Waals surface area contributed by atoms with Gasteiger partial charge >= 0.3 is 12.1 Å². The molecule has 0 saturated heterocycles. The Morgan fingerprint density at radius 1 is 1.14 bits per heavy atom. The van der Waals surface area contributed by atoms with Gasteiger partial charge in [0.1, 0.15) is 11.5 Å².